The van der Waals surface area contributed by atoms with Gasteiger partial charge in [-0.15, -0.1) is 0 Å². The maximum atomic E-state index is 11.5. The van der Waals surface area contributed by atoms with Crippen LogP contribution in [0.1, 0.15) is 23.7 Å². The van der Waals surface area contributed by atoms with Crippen molar-refractivity contribution in [1.82, 2.24) is 10.5 Å². The lowest BCUT2D eigenvalue weighted by Crippen LogP contribution is -2.24. The Morgan fingerprint density at radius 3 is 2.88 bits per heavy atom. The SMILES string of the molecule is CCNC(=O)Cc1noc2c(C)cc(C)cc12. The van der Waals surface area contributed by atoms with E-state index in [1.807, 2.05) is 32.9 Å². The minimum Gasteiger partial charge on any atom is -0.356 e. The van der Waals surface area contributed by atoms with Gasteiger partial charge in [-0.3, -0.25) is 4.79 Å². The summed E-state index contributed by atoms with van der Waals surface area (Å²) in [5, 5.41) is 7.68. The van der Waals surface area contributed by atoms with E-state index < -0.39 is 0 Å². The number of fused-ring (bicyclic) bond motifs is 1. The molecule has 0 unspecified atom stereocenters. The predicted octanol–water partition coefficient (Wildman–Crippen LogP) is 2.12. The molecule has 4 heteroatoms. The van der Waals surface area contributed by atoms with Gasteiger partial charge in [0.25, 0.3) is 0 Å². The number of hydrogen-bond acceptors (Lipinski definition) is 3. The summed E-state index contributed by atoms with van der Waals surface area (Å²) in [6.07, 6.45) is 0.268. The second-order valence-electron chi connectivity index (χ2n) is 4.22. The van der Waals surface area contributed by atoms with Gasteiger partial charge in [-0.05, 0) is 38.0 Å². The van der Waals surface area contributed by atoms with Crippen LogP contribution in [0.4, 0.5) is 0 Å². The van der Waals surface area contributed by atoms with Crippen LogP contribution in [0.25, 0.3) is 11.0 Å². The number of carbonyl (C=O) groups excluding carboxylic acids is 1. The molecule has 1 N–H and O–H groups in total. The average molecular weight is 232 g/mol. The molecule has 0 bridgehead atoms. The zero-order chi connectivity index (χ0) is 12.4. The average Bonchev–Trinajstić information content (AvgIpc) is 2.62. The molecule has 1 aromatic heterocycles. The van der Waals surface area contributed by atoms with Crippen molar-refractivity contribution in [2.75, 3.05) is 6.54 Å². The number of likely N-dealkylation sites (N-methyl/N-ethyl adjacent to an activating group) is 1. The molecule has 1 heterocycles. The van der Waals surface area contributed by atoms with Crippen LogP contribution < -0.4 is 5.32 Å². The smallest absolute Gasteiger partial charge is 0.226 e. The van der Waals surface area contributed by atoms with Crippen molar-refractivity contribution in [3.8, 4) is 0 Å². The molecule has 0 saturated heterocycles. The summed E-state index contributed by atoms with van der Waals surface area (Å²) in [4.78, 5) is 11.5. The number of rotatable bonds is 3. The first-order chi connectivity index (χ1) is 8.11. The Kier molecular flexibility index (Phi) is 3.13. The highest BCUT2D eigenvalue weighted by Gasteiger charge is 2.13. The van der Waals surface area contributed by atoms with Gasteiger partial charge in [-0.1, -0.05) is 11.2 Å². The summed E-state index contributed by atoms with van der Waals surface area (Å²) in [6.45, 7) is 6.53. The molecule has 2 rings (SSSR count). The zero-order valence-corrected chi connectivity index (χ0v) is 10.3. The van der Waals surface area contributed by atoms with Gasteiger partial charge in [0.05, 0.1) is 6.42 Å². The summed E-state index contributed by atoms with van der Waals surface area (Å²) < 4.78 is 5.28. The first kappa shape index (κ1) is 11.6. The Labute approximate surface area is 100.0 Å². The van der Waals surface area contributed by atoms with Crippen LogP contribution in [0, 0.1) is 13.8 Å². The van der Waals surface area contributed by atoms with E-state index in [1.165, 1.54) is 0 Å². The third-order valence-corrected chi connectivity index (χ3v) is 2.68. The molecular formula is C13H16N2O2. The van der Waals surface area contributed by atoms with Crippen LogP contribution in [0.15, 0.2) is 16.7 Å². The molecular weight excluding hydrogens is 216 g/mol. The largest absolute Gasteiger partial charge is 0.356 e. The van der Waals surface area contributed by atoms with Gasteiger partial charge in [0.15, 0.2) is 5.58 Å². The Morgan fingerprint density at radius 2 is 2.18 bits per heavy atom. The number of carbonyl (C=O) groups is 1. The van der Waals surface area contributed by atoms with E-state index in [0.29, 0.717) is 12.2 Å². The molecule has 1 aromatic carbocycles. The number of aryl methyl sites for hydroxylation is 2. The summed E-state index contributed by atoms with van der Waals surface area (Å²) in [5.74, 6) is -0.0261. The first-order valence-corrected chi connectivity index (χ1v) is 5.74. The van der Waals surface area contributed by atoms with E-state index in [0.717, 1.165) is 22.1 Å². The number of amides is 1. The third-order valence-electron chi connectivity index (χ3n) is 2.68. The van der Waals surface area contributed by atoms with Gasteiger partial charge in [0.1, 0.15) is 5.69 Å². The Hall–Kier alpha value is -1.84. The molecule has 0 aliphatic carbocycles. The monoisotopic (exact) mass is 232 g/mol. The van der Waals surface area contributed by atoms with Crippen molar-refractivity contribution >= 4 is 16.9 Å². The zero-order valence-electron chi connectivity index (χ0n) is 10.3. The van der Waals surface area contributed by atoms with Gasteiger partial charge < -0.3 is 9.84 Å². The molecule has 0 aliphatic rings. The third kappa shape index (κ3) is 2.30. The van der Waals surface area contributed by atoms with Crippen molar-refractivity contribution in [3.05, 3.63) is 29.0 Å². The summed E-state index contributed by atoms with van der Waals surface area (Å²) in [5.41, 5.74) is 3.68. The second-order valence-corrected chi connectivity index (χ2v) is 4.22. The van der Waals surface area contributed by atoms with E-state index in [-0.39, 0.29) is 12.3 Å². The molecule has 17 heavy (non-hydrogen) atoms. The van der Waals surface area contributed by atoms with E-state index in [2.05, 4.69) is 10.5 Å². The van der Waals surface area contributed by atoms with Crippen LogP contribution in [0.5, 0.6) is 0 Å². The number of benzene rings is 1. The Morgan fingerprint density at radius 1 is 1.41 bits per heavy atom. The predicted molar refractivity (Wildman–Crippen MR) is 65.9 cm³/mol. The van der Waals surface area contributed by atoms with Gasteiger partial charge in [-0.2, -0.15) is 0 Å². The van der Waals surface area contributed by atoms with Gasteiger partial charge >= 0.3 is 0 Å². The molecule has 0 atom stereocenters. The highest BCUT2D eigenvalue weighted by molar-refractivity contribution is 5.88. The van der Waals surface area contributed by atoms with Gasteiger partial charge in [0, 0.05) is 11.9 Å². The summed E-state index contributed by atoms with van der Waals surface area (Å²) in [6, 6.07) is 4.05. The molecule has 1 amide bonds. The molecule has 0 aliphatic heterocycles. The maximum Gasteiger partial charge on any atom is 0.226 e. The molecule has 0 saturated carbocycles. The fraction of sp³-hybridized carbons (Fsp3) is 0.385. The lowest BCUT2D eigenvalue weighted by atomic mass is 10.1. The van der Waals surface area contributed by atoms with Crippen molar-refractivity contribution in [2.45, 2.75) is 27.2 Å². The standard InChI is InChI=1S/C13H16N2O2/c1-4-14-12(16)7-11-10-6-8(2)5-9(3)13(10)17-15-11/h5-6H,4,7H2,1-3H3,(H,14,16). The molecule has 0 fully saturated rings. The minimum atomic E-state index is -0.0261. The van der Waals surface area contributed by atoms with Crippen LogP contribution >= 0.6 is 0 Å². The van der Waals surface area contributed by atoms with Gasteiger partial charge in [-0.25, -0.2) is 0 Å². The molecule has 4 nitrogen and oxygen atoms in total. The van der Waals surface area contributed by atoms with E-state index in [1.54, 1.807) is 0 Å². The van der Waals surface area contributed by atoms with Crippen LogP contribution in [0.2, 0.25) is 0 Å². The first-order valence-electron chi connectivity index (χ1n) is 5.74. The maximum absolute atomic E-state index is 11.5. The van der Waals surface area contributed by atoms with E-state index in [4.69, 9.17) is 4.52 Å². The highest BCUT2D eigenvalue weighted by atomic mass is 16.5. The molecule has 2 aromatic rings. The van der Waals surface area contributed by atoms with Crippen molar-refractivity contribution < 1.29 is 9.32 Å². The van der Waals surface area contributed by atoms with E-state index in [9.17, 15) is 4.79 Å². The minimum absolute atomic E-state index is 0.0261. The van der Waals surface area contributed by atoms with Crippen molar-refractivity contribution in [1.29, 1.82) is 0 Å². The Balaban J connectivity index is 2.39. The quantitative estimate of drug-likeness (QED) is 0.881. The molecule has 0 spiro atoms. The second kappa shape index (κ2) is 4.57. The van der Waals surface area contributed by atoms with Crippen LogP contribution in [0.3, 0.4) is 0 Å². The summed E-state index contributed by atoms with van der Waals surface area (Å²) in [7, 11) is 0. The van der Waals surface area contributed by atoms with Gasteiger partial charge in [0.2, 0.25) is 5.91 Å². The van der Waals surface area contributed by atoms with Crippen LogP contribution in [-0.2, 0) is 11.2 Å². The van der Waals surface area contributed by atoms with Crippen LogP contribution in [-0.4, -0.2) is 17.6 Å². The van der Waals surface area contributed by atoms with Crippen molar-refractivity contribution in [2.24, 2.45) is 0 Å². The normalized spacial score (nSPS) is 10.8. The fourth-order valence-corrected chi connectivity index (χ4v) is 1.98. The fourth-order valence-electron chi connectivity index (χ4n) is 1.98. The Bertz CT molecular complexity index is 558. The summed E-state index contributed by atoms with van der Waals surface area (Å²) >= 11 is 0. The molecule has 0 radical (unpaired) electrons. The number of nitrogens with one attached hydrogen (secondary N) is 1. The topological polar surface area (TPSA) is 55.1 Å². The number of aromatic nitrogens is 1. The highest BCUT2D eigenvalue weighted by Crippen LogP contribution is 2.23. The number of nitrogens with zero attached hydrogens (tertiary/aromatic N) is 1. The molecule has 90 valence electrons. The number of hydrogen-bond donors (Lipinski definition) is 1. The van der Waals surface area contributed by atoms with E-state index >= 15 is 0 Å². The van der Waals surface area contributed by atoms with Crippen molar-refractivity contribution in [3.63, 3.8) is 0 Å². The lowest BCUT2D eigenvalue weighted by molar-refractivity contribution is -0.120. The lowest BCUT2D eigenvalue weighted by Gasteiger charge is -2.00.